The van der Waals surface area contributed by atoms with E-state index >= 15 is 0 Å². The summed E-state index contributed by atoms with van der Waals surface area (Å²) in [5, 5.41) is 6.38. The van der Waals surface area contributed by atoms with E-state index in [0.29, 0.717) is 23.9 Å². The molecule has 1 aliphatic heterocycles. The molecule has 0 fully saturated rings. The van der Waals surface area contributed by atoms with Crippen LogP contribution in [0.2, 0.25) is 0 Å². The third-order valence-corrected chi connectivity index (χ3v) is 4.40. The van der Waals surface area contributed by atoms with Crippen LogP contribution < -0.4 is 10.1 Å². The molecule has 0 saturated carbocycles. The number of carbonyl (C=O) groups excluding carboxylic acids is 1. The van der Waals surface area contributed by atoms with E-state index in [1.807, 2.05) is 24.3 Å². The van der Waals surface area contributed by atoms with E-state index in [1.165, 1.54) is 0 Å². The monoisotopic (exact) mass is 410 g/mol. The van der Waals surface area contributed by atoms with Crippen molar-refractivity contribution < 1.29 is 31.9 Å². The standard InChI is InChI=1S/C20H18F4N2O3/c1-28-16-4-2-3-12(8-16)7-15-10-18(29-26-15)19(27)25-11-13-5-6-14(9-17(13)21)20(22,23)24/h2-6,8-9,18H,7,10-11H2,1H3,(H,25,27). The molecule has 1 aliphatic rings. The van der Waals surface area contributed by atoms with Crippen molar-refractivity contribution in [3.63, 3.8) is 0 Å². The predicted molar refractivity (Wildman–Crippen MR) is 96.9 cm³/mol. The maximum atomic E-state index is 13.9. The van der Waals surface area contributed by atoms with E-state index in [9.17, 15) is 22.4 Å². The molecular formula is C20H18F4N2O3. The summed E-state index contributed by atoms with van der Waals surface area (Å²) < 4.78 is 56.8. The number of amides is 1. The lowest BCUT2D eigenvalue weighted by Gasteiger charge is -2.12. The maximum absolute atomic E-state index is 13.9. The Morgan fingerprint density at radius 1 is 1.28 bits per heavy atom. The van der Waals surface area contributed by atoms with E-state index < -0.39 is 29.6 Å². The second kappa shape index (κ2) is 8.50. The van der Waals surface area contributed by atoms with Gasteiger partial charge < -0.3 is 14.9 Å². The molecule has 3 rings (SSSR count). The normalized spacial score (nSPS) is 16.2. The quantitative estimate of drug-likeness (QED) is 0.736. The summed E-state index contributed by atoms with van der Waals surface area (Å²) in [7, 11) is 1.56. The lowest BCUT2D eigenvalue weighted by molar-refractivity contribution is -0.137. The fourth-order valence-electron chi connectivity index (χ4n) is 2.85. The average molecular weight is 410 g/mol. The number of hydrogen-bond donors (Lipinski definition) is 1. The van der Waals surface area contributed by atoms with Crippen LogP contribution >= 0.6 is 0 Å². The number of ether oxygens (including phenoxy) is 1. The lowest BCUT2D eigenvalue weighted by atomic mass is 10.0. The number of alkyl halides is 3. The summed E-state index contributed by atoms with van der Waals surface area (Å²) in [5.74, 6) is -0.856. The molecule has 5 nitrogen and oxygen atoms in total. The highest BCUT2D eigenvalue weighted by atomic mass is 19.4. The lowest BCUT2D eigenvalue weighted by Crippen LogP contribution is -2.34. The zero-order valence-corrected chi connectivity index (χ0v) is 15.4. The van der Waals surface area contributed by atoms with Crippen LogP contribution in [0.4, 0.5) is 17.6 Å². The summed E-state index contributed by atoms with van der Waals surface area (Å²) in [6.45, 7) is -0.256. The van der Waals surface area contributed by atoms with Crippen LogP contribution in [0.15, 0.2) is 47.6 Å². The third-order valence-electron chi connectivity index (χ3n) is 4.40. The van der Waals surface area contributed by atoms with Gasteiger partial charge in [0.05, 0.1) is 18.4 Å². The number of rotatable bonds is 6. The number of nitrogens with zero attached hydrogens (tertiary/aromatic N) is 1. The third kappa shape index (κ3) is 5.24. The first-order chi connectivity index (χ1) is 13.8. The minimum Gasteiger partial charge on any atom is -0.497 e. The van der Waals surface area contributed by atoms with Crippen molar-refractivity contribution >= 4 is 11.6 Å². The van der Waals surface area contributed by atoms with Crippen molar-refractivity contribution in [2.75, 3.05) is 7.11 Å². The zero-order chi connectivity index (χ0) is 21.0. The molecule has 2 aromatic carbocycles. The Hall–Kier alpha value is -3.10. The zero-order valence-electron chi connectivity index (χ0n) is 15.4. The fourth-order valence-corrected chi connectivity index (χ4v) is 2.85. The van der Waals surface area contributed by atoms with Crippen molar-refractivity contribution in [3.05, 3.63) is 65.0 Å². The molecule has 1 heterocycles. The Morgan fingerprint density at radius 3 is 2.76 bits per heavy atom. The van der Waals surface area contributed by atoms with Crippen molar-refractivity contribution in [1.29, 1.82) is 0 Å². The second-order valence-electron chi connectivity index (χ2n) is 6.51. The van der Waals surface area contributed by atoms with Gasteiger partial charge in [-0.3, -0.25) is 4.79 Å². The first-order valence-electron chi connectivity index (χ1n) is 8.74. The minimum atomic E-state index is -4.63. The molecule has 0 radical (unpaired) electrons. The van der Waals surface area contributed by atoms with E-state index in [-0.39, 0.29) is 18.5 Å². The van der Waals surface area contributed by atoms with Gasteiger partial charge in [0.2, 0.25) is 6.10 Å². The van der Waals surface area contributed by atoms with E-state index in [1.54, 1.807) is 7.11 Å². The van der Waals surface area contributed by atoms with Crippen molar-refractivity contribution in [2.45, 2.75) is 31.7 Å². The molecule has 1 amide bonds. The molecule has 0 aromatic heterocycles. The first-order valence-corrected chi connectivity index (χ1v) is 8.74. The number of methoxy groups -OCH3 is 1. The van der Waals surface area contributed by atoms with Crippen LogP contribution in [0.25, 0.3) is 0 Å². The number of hydrogen-bond acceptors (Lipinski definition) is 4. The molecule has 154 valence electrons. The van der Waals surface area contributed by atoms with Crippen molar-refractivity contribution in [1.82, 2.24) is 5.32 Å². The van der Waals surface area contributed by atoms with Gasteiger partial charge in [-0.1, -0.05) is 23.4 Å². The van der Waals surface area contributed by atoms with E-state index in [0.717, 1.165) is 17.7 Å². The number of halogens is 4. The molecule has 9 heteroatoms. The first kappa shape index (κ1) is 20.6. The molecule has 29 heavy (non-hydrogen) atoms. The van der Waals surface area contributed by atoms with Gasteiger partial charge in [0, 0.05) is 24.9 Å². The highest BCUT2D eigenvalue weighted by molar-refractivity contribution is 5.93. The van der Waals surface area contributed by atoms with Gasteiger partial charge >= 0.3 is 6.18 Å². The minimum absolute atomic E-state index is 0.0538. The molecule has 0 saturated heterocycles. The highest BCUT2D eigenvalue weighted by Gasteiger charge is 2.31. The van der Waals surface area contributed by atoms with Gasteiger partial charge in [-0.05, 0) is 29.8 Å². The summed E-state index contributed by atoms with van der Waals surface area (Å²) >= 11 is 0. The van der Waals surface area contributed by atoms with Crippen LogP contribution in [0, 0.1) is 5.82 Å². The molecule has 1 N–H and O–H groups in total. The number of carbonyl (C=O) groups is 1. The average Bonchev–Trinajstić information content (AvgIpc) is 3.14. The smallest absolute Gasteiger partial charge is 0.416 e. The summed E-state index contributed by atoms with van der Waals surface area (Å²) in [5.41, 5.74) is 0.473. The Kier molecular flexibility index (Phi) is 6.05. The van der Waals surface area contributed by atoms with Crippen molar-refractivity contribution in [3.8, 4) is 5.75 Å². The van der Waals surface area contributed by atoms with E-state index in [2.05, 4.69) is 10.5 Å². The van der Waals surface area contributed by atoms with Gasteiger partial charge in [0.15, 0.2) is 0 Å². The fraction of sp³-hybridized carbons (Fsp3) is 0.300. The van der Waals surface area contributed by atoms with Gasteiger partial charge in [-0.15, -0.1) is 0 Å². The summed E-state index contributed by atoms with van der Waals surface area (Å²) in [6.07, 6.45) is -4.75. The molecular weight excluding hydrogens is 392 g/mol. The summed E-state index contributed by atoms with van der Waals surface area (Å²) in [6, 6.07) is 9.57. The SMILES string of the molecule is COc1cccc(CC2=NOC(C(=O)NCc3ccc(C(F)(F)F)cc3F)C2)c1. The Morgan fingerprint density at radius 2 is 2.07 bits per heavy atom. The van der Waals surface area contributed by atoms with Crippen LogP contribution in [-0.2, 0) is 28.8 Å². The molecule has 2 aromatic rings. The number of nitrogens with one attached hydrogen (secondary N) is 1. The molecule has 0 bridgehead atoms. The van der Waals surface area contributed by atoms with Gasteiger partial charge in [-0.25, -0.2) is 4.39 Å². The topological polar surface area (TPSA) is 59.9 Å². The van der Waals surface area contributed by atoms with Crippen LogP contribution in [0.5, 0.6) is 5.75 Å². The number of oxime groups is 1. The van der Waals surface area contributed by atoms with Crippen LogP contribution in [-0.4, -0.2) is 24.8 Å². The Bertz CT molecular complexity index is 928. The molecule has 1 unspecified atom stereocenters. The van der Waals surface area contributed by atoms with Crippen LogP contribution in [0.3, 0.4) is 0 Å². The highest BCUT2D eigenvalue weighted by Crippen LogP contribution is 2.30. The largest absolute Gasteiger partial charge is 0.497 e. The Balaban J connectivity index is 1.52. The van der Waals surface area contributed by atoms with E-state index in [4.69, 9.17) is 9.57 Å². The number of benzene rings is 2. The second-order valence-corrected chi connectivity index (χ2v) is 6.51. The van der Waals surface area contributed by atoms with Crippen LogP contribution in [0.1, 0.15) is 23.1 Å². The summed E-state index contributed by atoms with van der Waals surface area (Å²) in [4.78, 5) is 17.4. The predicted octanol–water partition coefficient (Wildman–Crippen LogP) is 3.86. The molecule has 0 spiro atoms. The van der Waals surface area contributed by atoms with Gasteiger partial charge in [0.25, 0.3) is 5.91 Å². The maximum Gasteiger partial charge on any atom is 0.416 e. The molecule has 1 atom stereocenters. The van der Waals surface area contributed by atoms with Gasteiger partial charge in [-0.2, -0.15) is 13.2 Å². The van der Waals surface area contributed by atoms with Crippen molar-refractivity contribution in [2.24, 2.45) is 5.16 Å². The Labute approximate surface area is 164 Å². The molecule has 0 aliphatic carbocycles. The van der Waals surface area contributed by atoms with Gasteiger partial charge in [0.1, 0.15) is 11.6 Å².